The highest BCUT2D eigenvalue weighted by Gasteiger charge is 2.17. The SMILES string of the molecule is N=Cc1cc(C#Cc2c(F)cc(OSc3cccnc3)c(N)c2F)cnc1N. The molecule has 0 unspecified atom stereocenters. The minimum absolute atomic E-state index is 0.158. The summed E-state index contributed by atoms with van der Waals surface area (Å²) < 4.78 is 34.2. The van der Waals surface area contributed by atoms with Gasteiger partial charge in [0.1, 0.15) is 17.3 Å². The molecule has 0 bridgehead atoms. The topological polar surface area (TPSA) is 111 Å². The first-order chi connectivity index (χ1) is 13.5. The molecule has 140 valence electrons. The largest absolute Gasteiger partial charge is 0.418 e. The van der Waals surface area contributed by atoms with Gasteiger partial charge in [-0.05, 0) is 18.2 Å². The van der Waals surface area contributed by atoms with Crippen LogP contribution in [0.15, 0.2) is 47.8 Å². The van der Waals surface area contributed by atoms with E-state index in [1.165, 1.54) is 18.5 Å². The summed E-state index contributed by atoms with van der Waals surface area (Å²) in [4.78, 5) is 8.43. The molecule has 0 atom stereocenters. The van der Waals surface area contributed by atoms with E-state index in [9.17, 15) is 8.78 Å². The van der Waals surface area contributed by atoms with Crippen molar-refractivity contribution in [3.05, 3.63) is 71.2 Å². The number of nitrogens with one attached hydrogen (secondary N) is 1. The first-order valence-corrected chi connectivity index (χ1v) is 8.53. The van der Waals surface area contributed by atoms with E-state index in [2.05, 4.69) is 21.8 Å². The Morgan fingerprint density at radius 2 is 2.00 bits per heavy atom. The van der Waals surface area contributed by atoms with Crippen molar-refractivity contribution in [3.8, 4) is 17.6 Å². The van der Waals surface area contributed by atoms with Crippen molar-refractivity contribution in [2.75, 3.05) is 11.5 Å². The van der Waals surface area contributed by atoms with Gasteiger partial charge in [0.05, 0.1) is 22.5 Å². The van der Waals surface area contributed by atoms with Crippen LogP contribution in [-0.2, 0) is 0 Å². The lowest BCUT2D eigenvalue weighted by atomic mass is 10.1. The zero-order valence-electron chi connectivity index (χ0n) is 14.2. The molecule has 0 saturated carbocycles. The molecule has 2 heterocycles. The molecule has 9 heteroatoms. The van der Waals surface area contributed by atoms with Gasteiger partial charge in [0, 0.05) is 42.0 Å². The van der Waals surface area contributed by atoms with Gasteiger partial charge in [-0.15, -0.1) is 0 Å². The van der Waals surface area contributed by atoms with E-state index in [1.807, 2.05) is 0 Å². The van der Waals surface area contributed by atoms with E-state index in [1.54, 1.807) is 18.3 Å². The second kappa shape index (κ2) is 8.37. The molecule has 0 saturated heterocycles. The van der Waals surface area contributed by atoms with Crippen molar-refractivity contribution >= 4 is 29.8 Å². The van der Waals surface area contributed by atoms with Gasteiger partial charge in [-0.3, -0.25) is 4.98 Å². The first-order valence-electron chi connectivity index (χ1n) is 7.79. The number of hydrogen-bond donors (Lipinski definition) is 3. The van der Waals surface area contributed by atoms with Crippen LogP contribution in [0.2, 0.25) is 0 Å². The van der Waals surface area contributed by atoms with Crippen LogP contribution in [-0.4, -0.2) is 16.2 Å². The smallest absolute Gasteiger partial charge is 0.168 e. The lowest BCUT2D eigenvalue weighted by molar-refractivity contribution is 0.559. The fraction of sp³-hybridized carbons (Fsp3) is 0. The van der Waals surface area contributed by atoms with Gasteiger partial charge in [0.2, 0.25) is 0 Å². The van der Waals surface area contributed by atoms with E-state index in [-0.39, 0.29) is 17.3 Å². The second-order valence-corrected chi connectivity index (χ2v) is 6.21. The predicted octanol–water partition coefficient (Wildman–Crippen LogP) is 3.40. The number of nitrogen functional groups attached to an aromatic ring is 2. The van der Waals surface area contributed by atoms with Gasteiger partial charge in [-0.25, -0.2) is 13.8 Å². The van der Waals surface area contributed by atoms with Crippen molar-refractivity contribution < 1.29 is 13.0 Å². The number of nitrogens with zero attached hydrogens (tertiary/aromatic N) is 2. The summed E-state index contributed by atoms with van der Waals surface area (Å²) in [5.74, 6) is 3.05. The van der Waals surface area contributed by atoms with Crippen molar-refractivity contribution in [1.29, 1.82) is 5.41 Å². The summed E-state index contributed by atoms with van der Waals surface area (Å²) in [5, 5.41) is 7.25. The number of benzene rings is 1. The zero-order chi connectivity index (χ0) is 20.1. The number of hydrogen-bond acceptors (Lipinski definition) is 7. The molecule has 0 aliphatic carbocycles. The van der Waals surface area contributed by atoms with E-state index >= 15 is 0 Å². The third-order valence-electron chi connectivity index (χ3n) is 3.52. The van der Waals surface area contributed by atoms with E-state index < -0.39 is 17.2 Å². The number of aromatic nitrogens is 2. The van der Waals surface area contributed by atoms with Crippen LogP contribution >= 0.6 is 12.0 Å². The number of anilines is 2. The summed E-state index contributed by atoms with van der Waals surface area (Å²) in [6.07, 6.45) is 5.48. The van der Waals surface area contributed by atoms with Gasteiger partial charge >= 0.3 is 0 Å². The average Bonchev–Trinajstić information content (AvgIpc) is 2.71. The quantitative estimate of drug-likeness (QED) is 0.269. The molecular formula is C19H13F2N5OS. The molecular weight excluding hydrogens is 384 g/mol. The lowest BCUT2D eigenvalue weighted by Crippen LogP contribution is -2.01. The summed E-state index contributed by atoms with van der Waals surface area (Å²) in [7, 11) is 0. The monoisotopic (exact) mass is 397 g/mol. The van der Waals surface area contributed by atoms with Crippen LogP contribution in [0.5, 0.6) is 5.75 Å². The minimum atomic E-state index is -1.02. The molecule has 5 N–H and O–H groups in total. The van der Waals surface area contributed by atoms with Crippen LogP contribution in [0, 0.1) is 28.9 Å². The summed E-state index contributed by atoms with van der Waals surface area (Å²) >= 11 is 0.873. The van der Waals surface area contributed by atoms with Gasteiger partial charge in [-0.2, -0.15) is 0 Å². The first kappa shape index (κ1) is 19.1. The normalized spacial score (nSPS) is 10.1. The summed E-state index contributed by atoms with van der Waals surface area (Å²) in [5.41, 5.74) is 11.2. The van der Waals surface area contributed by atoms with Gasteiger partial charge in [0.15, 0.2) is 11.6 Å². The Kier molecular flexibility index (Phi) is 5.72. The van der Waals surface area contributed by atoms with E-state index in [0.29, 0.717) is 16.0 Å². The molecule has 0 amide bonds. The van der Waals surface area contributed by atoms with Gasteiger partial charge in [0.25, 0.3) is 0 Å². The number of halogens is 2. The van der Waals surface area contributed by atoms with Gasteiger partial charge < -0.3 is 21.1 Å². The Morgan fingerprint density at radius 3 is 2.71 bits per heavy atom. The summed E-state index contributed by atoms with van der Waals surface area (Å²) in [6, 6.07) is 5.88. The molecule has 0 aliphatic heterocycles. The maximum absolute atomic E-state index is 14.5. The van der Waals surface area contributed by atoms with Crippen LogP contribution in [0.4, 0.5) is 20.3 Å². The van der Waals surface area contributed by atoms with E-state index in [4.69, 9.17) is 21.1 Å². The Balaban J connectivity index is 1.88. The number of nitrogens with two attached hydrogens (primary N) is 2. The Bertz CT molecular complexity index is 1100. The Hall–Kier alpha value is -3.64. The molecule has 0 fully saturated rings. The Labute approximate surface area is 163 Å². The van der Waals surface area contributed by atoms with Crippen LogP contribution in [0.3, 0.4) is 0 Å². The lowest BCUT2D eigenvalue weighted by Gasteiger charge is -2.09. The molecule has 2 aromatic heterocycles. The molecule has 3 aromatic rings. The Morgan fingerprint density at radius 1 is 1.18 bits per heavy atom. The van der Waals surface area contributed by atoms with Crippen LogP contribution in [0.25, 0.3) is 0 Å². The molecule has 1 aromatic carbocycles. The highest BCUT2D eigenvalue weighted by Crippen LogP contribution is 2.33. The van der Waals surface area contributed by atoms with Crippen molar-refractivity contribution in [3.63, 3.8) is 0 Å². The fourth-order valence-corrected chi connectivity index (χ4v) is 2.66. The van der Waals surface area contributed by atoms with Crippen LogP contribution in [0.1, 0.15) is 16.7 Å². The molecule has 6 nitrogen and oxygen atoms in total. The standard InChI is InChI=1S/C19H13F2N5OS/c20-15-7-16(27-28-13-2-1-5-25-10-13)18(23)17(21)14(15)4-3-11-6-12(8-22)19(24)26-9-11/h1-2,5-10,22H,23H2,(H2,24,26). The highest BCUT2D eigenvalue weighted by atomic mass is 32.2. The predicted molar refractivity (Wildman–Crippen MR) is 104 cm³/mol. The van der Waals surface area contributed by atoms with Gasteiger partial charge in [-0.1, -0.05) is 11.8 Å². The van der Waals surface area contributed by atoms with E-state index in [0.717, 1.165) is 24.3 Å². The molecule has 0 spiro atoms. The second-order valence-electron chi connectivity index (χ2n) is 5.41. The molecule has 3 rings (SSSR count). The van der Waals surface area contributed by atoms with Crippen molar-refractivity contribution in [2.24, 2.45) is 0 Å². The fourth-order valence-electron chi connectivity index (χ4n) is 2.10. The third-order valence-corrected chi connectivity index (χ3v) is 4.21. The average molecular weight is 397 g/mol. The maximum atomic E-state index is 14.5. The number of pyridine rings is 2. The van der Waals surface area contributed by atoms with Crippen molar-refractivity contribution in [1.82, 2.24) is 9.97 Å². The molecule has 0 aliphatic rings. The number of rotatable bonds is 4. The third kappa shape index (κ3) is 4.19. The summed E-state index contributed by atoms with van der Waals surface area (Å²) in [6.45, 7) is 0. The minimum Gasteiger partial charge on any atom is -0.418 e. The van der Waals surface area contributed by atoms with Crippen LogP contribution < -0.4 is 15.7 Å². The maximum Gasteiger partial charge on any atom is 0.168 e. The zero-order valence-corrected chi connectivity index (χ0v) is 15.1. The highest BCUT2D eigenvalue weighted by molar-refractivity contribution is 7.95. The van der Waals surface area contributed by atoms with Crippen molar-refractivity contribution in [2.45, 2.75) is 4.90 Å². The molecule has 0 radical (unpaired) electrons. The molecule has 28 heavy (non-hydrogen) atoms.